The van der Waals surface area contributed by atoms with E-state index < -0.39 is 0 Å². The molecule has 0 atom stereocenters. The second kappa shape index (κ2) is 9.18. The summed E-state index contributed by atoms with van der Waals surface area (Å²) in [6.07, 6.45) is 4.78. The molecule has 0 radical (unpaired) electrons. The number of fused-ring (bicyclic) bond motifs is 1. The third kappa shape index (κ3) is 4.49. The van der Waals surface area contributed by atoms with Crippen LogP contribution < -0.4 is 4.90 Å². The largest absolute Gasteiger partial charge is 0.378 e. The quantitative estimate of drug-likeness (QED) is 0.723. The minimum Gasteiger partial charge on any atom is -0.378 e. The van der Waals surface area contributed by atoms with E-state index in [0.717, 1.165) is 61.0 Å². The van der Waals surface area contributed by atoms with Gasteiger partial charge < -0.3 is 14.7 Å². The Morgan fingerprint density at radius 2 is 1.45 bits per heavy atom. The van der Waals surface area contributed by atoms with Crippen molar-refractivity contribution in [2.24, 2.45) is 0 Å². The van der Waals surface area contributed by atoms with Crippen LogP contribution in [0.4, 0.5) is 5.69 Å². The van der Waals surface area contributed by atoms with Crippen LogP contribution in [0.3, 0.4) is 0 Å². The summed E-state index contributed by atoms with van der Waals surface area (Å²) in [4.78, 5) is 34.6. The second-order valence-electron chi connectivity index (χ2n) is 9.81. The number of amides is 2. The van der Waals surface area contributed by atoms with Crippen molar-refractivity contribution in [3.63, 3.8) is 0 Å². The van der Waals surface area contributed by atoms with Crippen molar-refractivity contribution in [1.29, 1.82) is 0 Å². The summed E-state index contributed by atoms with van der Waals surface area (Å²) in [5, 5.41) is 0. The number of hydrogen-bond acceptors (Lipinski definition) is 4. The molecule has 2 fully saturated rings. The molecule has 0 unspecified atom stereocenters. The fraction of sp³-hybridized carbons (Fsp3) is 0.481. The fourth-order valence-corrected chi connectivity index (χ4v) is 5.17. The third-order valence-electron chi connectivity index (χ3n) is 7.58. The molecule has 2 aromatic carbocycles. The van der Waals surface area contributed by atoms with Gasteiger partial charge in [-0.1, -0.05) is 12.5 Å². The Hall–Kier alpha value is -2.86. The molecule has 1 saturated heterocycles. The maximum atomic E-state index is 13.1. The van der Waals surface area contributed by atoms with Crippen molar-refractivity contribution in [2.75, 3.05) is 51.7 Å². The Balaban J connectivity index is 1.21. The van der Waals surface area contributed by atoms with Crippen molar-refractivity contribution in [2.45, 2.75) is 38.3 Å². The highest BCUT2D eigenvalue weighted by atomic mass is 16.2. The lowest BCUT2D eigenvalue weighted by molar-refractivity contribution is 0.0455. The molecular formula is C27H34N4O2. The van der Waals surface area contributed by atoms with Crippen molar-refractivity contribution in [1.82, 2.24) is 14.7 Å². The van der Waals surface area contributed by atoms with Gasteiger partial charge in [-0.2, -0.15) is 0 Å². The molecule has 174 valence electrons. The van der Waals surface area contributed by atoms with Gasteiger partial charge in [0.05, 0.1) is 0 Å². The van der Waals surface area contributed by atoms with Gasteiger partial charge >= 0.3 is 0 Å². The maximum Gasteiger partial charge on any atom is 0.254 e. The molecule has 1 saturated carbocycles. The van der Waals surface area contributed by atoms with Gasteiger partial charge in [0.1, 0.15) is 0 Å². The Kier molecular flexibility index (Phi) is 6.11. The molecule has 5 rings (SSSR count). The highest BCUT2D eigenvalue weighted by molar-refractivity contribution is 5.95. The van der Waals surface area contributed by atoms with Crippen LogP contribution in [0.25, 0.3) is 0 Å². The molecule has 0 bridgehead atoms. The zero-order valence-electron chi connectivity index (χ0n) is 19.8. The summed E-state index contributed by atoms with van der Waals surface area (Å²) in [6.45, 7) is 4.90. The fourth-order valence-electron chi connectivity index (χ4n) is 5.17. The van der Waals surface area contributed by atoms with Gasteiger partial charge in [0.25, 0.3) is 11.8 Å². The van der Waals surface area contributed by atoms with Crippen LogP contribution in [-0.2, 0) is 13.0 Å². The van der Waals surface area contributed by atoms with Gasteiger partial charge in [0, 0.05) is 76.2 Å². The first-order chi connectivity index (χ1) is 16.0. The van der Waals surface area contributed by atoms with Crippen molar-refractivity contribution >= 4 is 17.5 Å². The van der Waals surface area contributed by atoms with Gasteiger partial charge in [-0.3, -0.25) is 14.5 Å². The predicted octanol–water partition coefficient (Wildman–Crippen LogP) is 3.26. The topological polar surface area (TPSA) is 47.1 Å². The van der Waals surface area contributed by atoms with E-state index in [-0.39, 0.29) is 11.8 Å². The maximum absolute atomic E-state index is 13.1. The van der Waals surface area contributed by atoms with Crippen molar-refractivity contribution in [3.05, 3.63) is 64.7 Å². The molecule has 2 aliphatic heterocycles. The van der Waals surface area contributed by atoms with E-state index in [1.807, 2.05) is 65.2 Å². The number of piperazine rings is 1. The molecule has 0 aromatic heterocycles. The molecule has 2 aromatic rings. The number of carbonyl (C=O) groups excluding carboxylic acids is 2. The van der Waals surface area contributed by atoms with Crippen LogP contribution in [0.1, 0.15) is 51.1 Å². The van der Waals surface area contributed by atoms with Crippen molar-refractivity contribution < 1.29 is 9.59 Å². The Morgan fingerprint density at radius 3 is 2.09 bits per heavy atom. The van der Waals surface area contributed by atoms with Gasteiger partial charge in [-0.25, -0.2) is 0 Å². The first-order valence-electron chi connectivity index (χ1n) is 12.2. The Bertz CT molecular complexity index is 1020. The van der Waals surface area contributed by atoms with Crippen LogP contribution in [0, 0.1) is 0 Å². The highest BCUT2D eigenvalue weighted by Crippen LogP contribution is 2.27. The van der Waals surface area contributed by atoms with Gasteiger partial charge in [-0.05, 0) is 66.8 Å². The Morgan fingerprint density at radius 1 is 0.788 bits per heavy atom. The van der Waals surface area contributed by atoms with Gasteiger partial charge in [0.2, 0.25) is 0 Å². The first kappa shape index (κ1) is 22.0. The van der Waals surface area contributed by atoms with E-state index in [1.165, 1.54) is 24.8 Å². The summed E-state index contributed by atoms with van der Waals surface area (Å²) in [7, 11) is 3.99. The number of carbonyl (C=O) groups is 2. The number of benzene rings is 2. The Labute approximate surface area is 196 Å². The molecule has 3 aliphatic rings. The molecular weight excluding hydrogens is 412 g/mol. The smallest absolute Gasteiger partial charge is 0.254 e. The summed E-state index contributed by atoms with van der Waals surface area (Å²) in [6, 6.07) is 14.6. The third-order valence-corrected chi connectivity index (χ3v) is 7.58. The van der Waals surface area contributed by atoms with E-state index in [9.17, 15) is 9.59 Å². The molecule has 6 heteroatoms. The van der Waals surface area contributed by atoms with E-state index in [0.29, 0.717) is 13.1 Å². The van der Waals surface area contributed by atoms with Crippen molar-refractivity contribution in [3.8, 4) is 0 Å². The monoisotopic (exact) mass is 446 g/mol. The minimum absolute atomic E-state index is 0.0652. The van der Waals surface area contributed by atoms with E-state index >= 15 is 0 Å². The average Bonchev–Trinajstić information content (AvgIpc) is 2.82. The van der Waals surface area contributed by atoms with Crippen LogP contribution >= 0.6 is 0 Å². The standard InChI is InChI=1S/C27H34N4O2/c1-28(2)24-10-8-20(9-11-24)26(32)31-13-12-21-18-22(6-7-23(21)19-31)27(33)30-16-14-29(15-17-30)25-4-3-5-25/h6-11,18,25H,3-5,12-17,19H2,1-2H3. The predicted molar refractivity (Wildman–Crippen MR) is 131 cm³/mol. The van der Waals surface area contributed by atoms with Crippen LogP contribution in [0.2, 0.25) is 0 Å². The van der Waals surface area contributed by atoms with Crippen LogP contribution in [0.15, 0.2) is 42.5 Å². The lowest BCUT2D eigenvalue weighted by Gasteiger charge is -2.43. The summed E-state index contributed by atoms with van der Waals surface area (Å²) >= 11 is 0. The van der Waals surface area contributed by atoms with E-state index in [1.54, 1.807) is 0 Å². The average molecular weight is 447 g/mol. The molecule has 0 spiro atoms. The molecule has 2 heterocycles. The van der Waals surface area contributed by atoms with Crippen LogP contribution in [-0.4, -0.2) is 79.4 Å². The number of rotatable bonds is 4. The highest BCUT2D eigenvalue weighted by Gasteiger charge is 2.30. The normalized spacial score (nSPS) is 19.1. The zero-order valence-corrected chi connectivity index (χ0v) is 19.8. The summed E-state index contributed by atoms with van der Waals surface area (Å²) in [5.41, 5.74) is 4.92. The van der Waals surface area contributed by atoms with Gasteiger partial charge in [-0.15, -0.1) is 0 Å². The van der Waals surface area contributed by atoms with Gasteiger partial charge in [0.15, 0.2) is 0 Å². The first-order valence-corrected chi connectivity index (χ1v) is 12.2. The molecule has 1 aliphatic carbocycles. The van der Waals surface area contributed by atoms with Crippen LogP contribution in [0.5, 0.6) is 0 Å². The van der Waals surface area contributed by atoms with E-state index in [2.05, 4.69) is 11.0 Å². The molecule has 0 N–H and O–H groups in total. The minimum atomic E-state index is 0.0652. The SMILES string of the molecule is CN(C)c1ccc(C(=O)N2CCc3cc(C(=O)N4CCN(C5CCC5)CC4)ccc3C2)cc1. The lowest BCUT2D eigenvalue weighted by atomic mass is 9.91. The lowest BCUT2D eigenvalue weighted by Crippen LogP contribution is -2.53. The second-order valence-corrected chi connectivity index (χ2v) is 9.81. The number of hydrogen-bond donors (Lipinski definition) is 0. The molecule has 33 heavy (non-hydrogen) atoms. The summed E-state index contributed by atoms with van der Waals surface area (Å²) < 4.78 is 0. The number of anilines is 1. The number of nitrogens with zero attached hydrogens (tertiary/aromatic N) is 4. The molecule has 6 nitrogen and oxygen atoms in total. The summed E-state index contributed by atoms with van der Waals surface area (Å²) in [5.74, 6) is 0.209. The molecule has 2 amide bonds. The van der Waals surface area contributed by atoms with E-state index in [4.69, 9.17) is 0 Å². The zero-order chi connectivity index (χ0) is 22.9.